The lowest BCUT2D eigenvalue weighted by Gasteiger charge is -2.34. The molecule has 2 aromatic carbocycles. The third-order valence-corrected chi connectivity index (χ3v) is 5.48. The van der Waals surface area contributed by atoms with E-state index in [-0.39, 0.29) is 0 Å². The summed E-state index contributed by atoms with van der Waals surface area (Å²) in [4.78, 5) is 9.35. The van der Waals surface area contributed by atoms with Gasteiger partial charge in [-0.2, -0.15) is 4.98 Å². The van der Waals surface area contributed by atoms with Gasteiger partial charge in [-0.1, -0.05) is 35.0 Å². The first-order valence-corrected chi connectivity index (χ1v) is 10.2. The first-order chi connectivity index (χ1) is 14.6. The van der Waals surface area contributed by atoms with Gasteiger partial charge >= 0.3 is 0 Å². The van der Waals surface area contributed by atoms with E-state index in [9.17, 15) is 0 Å². The van der Waals surface area contributed by atoms with Gasteiger partial charge in [-0.05, 0) is 25.1 Å². The van der Waals surface area contributed by atoms with E-state index in [4.69, 9.17) is 14.0 Å². The topological polar surface area (TPSA) is 63.9 Å². The van der Waals surface area contributed by atoms with Crippen LogP contribution in [-0.4, -0.2) is 60.3 Å². The number of hydrogen-bond donors (Lipinski definition) is 0. The van der Waals surface area contributed by atoms with Crippen molar-refractivity contribution in [3.8, 4) is 22.9 Å². The van der Waals surface area contributed by atoms with Gasteiger partial charge in [0.25, 0.3) is 0 Å². The summed E-state index contributed by atoms with van der Waals surface area (Å²) < 4.78 is 16.4. The van der Waals surface area contributed by atoms with E-state index < -0.39 is 0 Å². The monoisotopic (exact) mass is 408 g/mol. The molecule has 1 aromatic heterocycles. The van der Waals surface area contributed by atoms with Gasteiger partial charge in [-0.3, -0.25) is 9.80 Å². The lowest BCUT2D eigenvalue weighted by atomic mass is 10.1. The molecule has 0 N–H and O–H groups in total. The highest BCUT2D eigenvalue weighted by atomic mass is 16.5. The zero-order valence-electron chi connectivity index (χ0n) is 17.8. The number of piperazine rings is 1. The molecule has 1 aliphatic rings. The summed E-state index contributed by atoms with van der Waals surface area (Å²) in [6, 6.07) is 14.1. The highest BCUT2D eigenvalue weighted by Gasteiger charge is 2.20. The number of benzene rings is 2. The predicted molar refractivity (Wildman–Crippen MR) is 115 cm³/mol. The third kappa shape index (κ3) is 4.80. The minimum atomic E-state index is 0.647. The minimum Gasteiger partial charge on any atom is -0.497 e. The highest BCUT2D eigenvalue weighted by Crippen LogP contribution is 2.26. The Kier molecular flexibility index (Phi) is 6.30. The van der Waals surface area contributed by atoms with E-state index in [2.05, 4.69) is 45.1 Å². The Morgan fingerprint density at radius 3 is 2.27 bits per heavy atom. The number of ether oxygens (including phenoxy) is 2. The van der Waals surface area contributed by atoms with Crippen molar-refractivity contribution in [3.05, 3.63) is 59.5 Å². The largest absolute Gasteiger partial charge is 0.497 e. The number of methoxy groups -OCH3 is 2. The molecular formula is C23H28N4O3. The molecule has 1 aliphatic heterocycles. The van der Waals surface area contributed by atoms with Crippen molar-refractivity contribution >= 4 is 0 Å². The lowest BCUT2D eigenvalue weighted by Crippen LogP contribution is -2.45. The Morgan fingerprint density at radius 1 is 0.900 bits per heavy atom. The molecule has 1 saturated heterocycles. The van der Waals surface area contributed by atoms with Crippen molar-refractivity contribution in [1.29, 1.82) is 0 Å². The molecule has 7 heteroatoms. The van der Waals surface area contributed by atoms with E-state index in [1.54, 1.807) is 14.2 Å². The number of rotatable bonds is 7. The normalized spacial score (nSPS) is 15.3. The van der Waals surface area contributed by atoms with Crippen LogP contribution in [0.1, 0.15) is 17.0 Å². The van der Waals surface area contributed by atoms with Crippen LogP contribution < -0.4 is 9.47 Å². The Morgan fingerprint density at radius 2 is 1.60 bits per heavy atom. The molecule has 0 saturated carbocycles. The zero-order valence-corrected chi connectivity index (χ0v) is 17.8. The van der Waals surface area contributed by atoms with Crippen molar-refractivity contribution in [3.63, 3.8) is 0 Å². The maximum absolute atomic E-state index is 5.51. The molecular weight excluding hydrogens is 380 g/mol. The summed E-state index contributed by atoms with van der Waals surface area (Å²) >= 11 is 0. The maximum atomic E-state index is 5.51. The standard InChI is InChI=1S/C23H28N4O3/c1-17-4-6-18(7-5-17)23-24-22(30-25-23)16-27-12-10-26(11-13-27)15-19-14-20(28-2)8-9-21(19)29-3/h4-9,14H,10-13,15-16H2,1-3H3. The lowest BCUT2D eigenvalue weighted by molar-refractivity contribution is 0.111. The molecule has 30 heavy (non-hydrogen) atoms. The first kappa shape index (κ1) is 20.4. The highest BCUT2D eigenvalue weighted by molar-refractivity contribution is 5.54. The maximum Gasteiger partial charge on any atom is 0.241 e. The van der Waals surface area contributed by atoms with Crippen LogP contribution in [0.4, 0.5) is 0 Å². The zero-order chi connectivity index (χ0) is 20.9. The average molecular weight is 409 g/mol. The van der Waals surface area contributed by atoms with Crippen molar-refractivity contribution in [2.75, 3.05) is 40.4 Å². The van der Waals surface area contributed by atoms with Crippen LogP contribution in [-0.2, 0) is 13.1 Å². The number of aryl methyl sites for hydroxylation is 1. The predicted octanol–water partition coefficient (Wildman–Crippen LogP) is 3.38. The van der Waals surface area contributed by atoms with E-state index in [1.165, 1.54) is 5.56 Å². The fourth-order valence-electron chi connectivity index (χ4n) is 3.68. The van der Waals surface area contributed by atoms with Crippen molar-refractivity contribution in [2.45, 2.75) is 20.0 Å². The third-order valence-electron chi connectivity index (χ3n) is 5.48. The Hall–Kier alpha value is -2.90. The van der Waals surface area contributed by atoms with E-state index >= 15 is 0 Å². The van der Waals surface area contributed by atoms with Crippen LogP contribution in [0.25, 0.3) is 11.4 Å². The molecule has 0 spiro atoms. The van der Waals surface area contributed by atoms with Crippen molar-refractivity contribution in [1.82, 2.24) is 19.9 Å². The van der Waals surface area contributed by atoms with Gasteiger partial charge in [0, 0.05) is 43.9 Å². The van der Waals surface area contributed by atoms with Crippen molar-refractivity contribution in [2.24, 2.45) is 0 Å². The van der Waals surface area contributed by atoms with Crippen LogP contribution in [0.3, 0.4) is 0 Å². The fourth-order valence-corrected chi connectivity index (χ4v) is 3.68. The van der Waals surface area contributed by atoms with Gasteiger partial charge in [0.15, 0.2) is 0 Å². The molecule has 0 atom stereocenters. The van der Waals surface area contributed by atoms with Gasteiger partial charge in [-0.25, -0.2) is 0 Å². The van der Waals surface area contributed by atoms with Gasteiger partial charge in [0.1, 0.15) is 11.5 Å². The van der Waals surface area contributed by atoms with Crippen LogP contribution in [0.5, 0.6) is 11.5 Å². The molecule has 2 heterocycles. The van der Waals surface area contributed by atoms with Gasteiger partial charge in [0.05, 0.1) is 20.8 Å². The summed E-state index contributed by atoms with van der Waals surface area (Å²) in [7, 11) is 3.39. The summed E-state index contributed by atoms with van der Waals surface area (Å²) in [5.41, 5.74) is 3.34. The molecule has 3 aromatic rings. The van der Waals surface area contributed by atoms with Gasteiger partial charge in [0.2, 0.25) is 11.7 Å². The summed E-state index contributed by atoms with van der Waals surface area (Å²) in [5.74, 6) is 3.06. The Bertz CT molecular complexity index is 963. The molecule has 0 aliphatic carbocycles. The number of nitrogens with zero attached hydrogens (tertiary/aromatic N) is 4. The molecule has 158 valence electrons. The SMILES string of the molecule is COc1ccc(OC)c(CN2CCN(Cc3nc(-c4ccc(C)cc4)no3)CC2)c1. The van der Waals surface area contributed by atoms with E-state index in [1.807, 2.05) is 24.3 Å². The van der Waals surface area contributed by atoms with E-state index in [0.717, 1.165) is 55.3 Å². The average Bonchev–Trinajstić information content (AvgIpc) is 3.24. The summed E-state index contributed by atoms with van der Waals surface area (Å²) in [5, 5.41) is 4.14. The van der Waals surface area contributed by atoms with Crippen molar-refractivity contribution < 1.29 is 14.0 Å². The second-order valence-electron chi connectivity index (χ2n) is 7.61. The van der Waals surface area contributed by atoms with Crippen LogP contribution in [0.15, 0.2) is 47.0 Å². The molecule has 0 bridgehead atoms. The quantitative estimate of drug-likeness (QED) is 0.594. The van der Waals surface area contributed by atoms with E-state index in [0.29, 0.717) is 18.3 Å². The Labute approximate surface area is 177 Å². The fraction of sp³-hybridized carbons (Fsp3) is 0.391. The number of hydrogen-bond acceptors (Lipinski definition) is 7. The first-order valence-electron chi connectivity index (χ1n) is 10.2. The molecule has 7 nitrogen and oxygen atoms in total. The van der Waals surface area contributed by atoms with Gasteiger partial charge < -0.3 is 14.0 Å². The van der Waals surface area contributed by atoms with Gasteiger partial charge in [-0.15, -0.1) is 0 Å². The summed E-state index contributed by atoms with van der Waals surface area (Å²) in [6.45, 7) is 7.43. The molecule has 0 amide bonds. The number of aromatic nitrogens is 2. The second kappa shape index (κ2) is 9.28. The molecule has 1 fully saturated rings. The second-order valence-corrected chi connectivity index (χ2v) is 7.61. The molecule has 0 radical (unpaired) electrons. The van der Waals surface area contributed by atoms with Crippen LogP contribution >= 0.6 is 0 Å². The smallest absolute Gasteiger partial charge is 0.241 e. The summed E-state index contributed by atoms with van der Waals surface area (Å²) in [6.07, 6.45) is 0. The molecule has 0 unspecified atom stereocenters. The van der Waals surface area contributed by atoms with Crippen LogP contribution in [0.2, 0.25) is 0 Å². The molecule has 4 rings (SSSR count). The minimum absolute atomic E-state index is 0.647. The van der Waals surface area contributed by atoms with Crippen LogP contribution in [0, 0.1) is 6.92 Å². The Balaban J connectivity index is 1.32.